The Morgan fingerprint density at radius 3 is 1.19 bits per heavy atom. The minimum Gasteiger partial charge on any atom is -0.456 e. The van der Waals surface area contributed by atoms with Gasteiger partial charge in [-0.1, -0.05) is 155 Å². The first-order valence-corrected chi connectivity index (χ1v) is 24.8. The van der Waals surface area contributed by atoms with Crippen molar-refractivity contribution in [2.75, 3.05) is 0 Å². The summed E-state index contributed by atoms with van der Waals surface area (Å²) in [6.45, 7) is 2.16. The van der Waals surface area contributed by atoms with Crippen molar-refractivity contribution in [2.45, 2.75) is 6.92 Å². The third-order valence-electron chi connectivity index (χ3n) is 14.0. The van der Waals surface area contributed by atoms with Crippen LogP contribution < -0.4 is 0 Å². The van der Waals surface area contributed by atoms with Gasteiger partial charge in [0.25, 0.3) is 0 Å². The summed E-state index contributed by atoms with van der Waals surface area (Å²) < 4.78 is 6.29. The van der Waals surface area contributed by atoms with Crippen LogP contribution in [0.1, 0.15) is 5.56 Å². The van der Waals surface area contributed by atoms with Crippen molar-refractivity contribution in [1.82, 2.24) is 15.0 Å². The number of aryl methyl sites for hydroxylation is 1. The molecule has 0 radical (unpaired) electrons. The predicted molar refractivity (Wildman–Crippen MR) is 303 cm³/mol. The van der Waals surface area contributed by atoms with E-state index in [1.807, 2.05) is 67.1 Å². The molecule has 0 aliphatic carbocycles. The van der Waals surface area contributed by atoms with E-state index in [9.17, 15) is 0 Å². The Bertz CT molecular complexity index is 4020. The summed E-state index contributed by atoms with van der Waals surface area (Å²) in [5.41, 5.74) is 23.9. The van der Waals surface area contributed by atoms with Crippen molar-refractivity contribution >= 4 is 21.9 Å². The Morgan fingerprint density at radius 2 is 0.733 bits per heavy atom. The van der Waals surface area contributed by atoms with Crippen LogP contribution in [0.5, 0.6) is 0 Å². The molecule has 0 aliphatic heterocycles. The molecule has 354 valence electrons. The number of fused-ring (bicyclic) bond motifs is 3. The van der Waals surface area contributed by atoms with Crippen LogP contribution in [-0.2, 0) is 20.1 Å². The summed E-state index contributed by atoms with van der Waals surface area (Å²) in [5, 5.41) is 2.26. The Hall–Kier alpha value is -9.12. The van der Waals surface area contributed by atoms with Gasteiger partial charge in [0, 0.05) is 29.4 Å². The van der Waals surface area contributed by atoms with Crippen molar-refractivity contribution in [3.63, 3.8) is 0 Å². The second kappa shape index (κ2) is 20.4. The number of pyridine rings is 3. The zero-order valence-corrected chi connectivity index (χ0v) is 43.1. The Labute approximate surface area is 450 Å². The number of hydrogen-bond donors (Lipinski definition) is 0. The van der Waals surface area contributed by atoms with Gasteiger partial charge in [0.1, 0.15) is 11.2 Å². The van der Waals surface area contributed by atoms with Gasteiger partial charge >= 0.3 is 20.1 Å². The van der Waals surface area contributed by atoms with Crippen LogP contribution in [0.25, 0.3) is 134 Å². The molecule has 75 heavy (non-hydrogen) atoms. The van der Waals surface area contributed by atoms with E-state index < -0.39 is 0 Å². The van der Waals surface area contributed by atoms with Gasteiger partial charge in [0.05, 0.1) is 0 Å². The molecule has 0 N–H and O–H groups in total. The maximum Gasteiger partial charge on any atom is 3.00 e. The zero-order chi connectivity index (χ0) is 49.4. The van der Waals surface area contributed by atoms with E-state index in [4.69, 9.17) is 9.40 Å². The predicted octanol–water partition coefficient (Wildman–Crippen LogP) is 18.1. The van der Waals surface area contributed by atoms with E-state index in [2.05, 4.69) is 217 Å². The van der Waals surface area contributed by atoms with Crippen molar-refractivity contribution < 1.29 is 24.5 Å². The van der Waals surface area contributed by atoms with Crippen molar-refractivity contribution in [1.29, 1.82) is 0 Å². The first-order chi connectivity index (χ1) is 36.6. The van der Waals surface area contributed by atoms with Crippen LogP contribution in [0.3, 0.4) is 0 Å². The van der Waals surface area contributed by atoms with Gasteiger partial charge in [-0.05, 0) is 129 Å². The van der Waals surface area contributed by atoms with Gasteiger partial charge in [0.15, 0.2) is 0 Å². The molecule has 0 spiro atoms. The number of hydrogen-bond acceptors (Lipinski definition) is 4. The van der Waals surface area contributed by atoms with Crippen molar-refractivity contribution in [3.05, 3.63) is 273 Å². The molecule has 0 saturated carbocycles. The van der Waals surface area contributed by atoms with Gasteiger partial charge in [-0.2, -0.15) is 0 Å². The molecule has 0 saturated heterocycles. The summed E-state index contributed by atoms with van der Waals surface area (Å²) >= 11 is 0. The molecule has 13 aromatic rings. The second-order valence-corrected chi connectivity index (χ2v) is 18.5. The Morgan fingerprint density at radius 1 is 0.307 bits per heavy atom. The number of benzene rings is 9. The molecule has 0 fully saturated rings. The van der Waals surface area contributed by atoms with Crippen molar-refractivity contribution in [3.8, 4) is 112 Å². The van der Waals surface area contributed by atoms with E-state index >= 15 is 0 Å². The first-order valence-electron chi connectivity index (χ1n) is 24.8. The van der Waals surface area contributed by atoms with Crippen LogP contribution in [0, 0.1) is 25.1 Å². The first kappa shape index (κ1) is 46.9. The molecule has 4 heterocycles. The fraction of sp³-hybridized carbons (Fsp3) is 0.0143. The molecule has 0 atom stereocenters. The molecule has 4 aromatic heterocycles. The topological polar surface area (TPSA) is 51.8 Å². The molecular weight excluding hydrogens is 1090 g/mol. The van der Waals surface area contributed by atoms with E-state index in [0.29, 0.717) is 0 Å². The maximum atomic E-state index is 6.29. The maximum absolute atomic E-state index is 6.29. The molecule has 0 unspecified atom stereocenters. The third-order valence-corrected chi connectivity index (χ3v) is 14.0. The molecular formula is C70H44IrN3O. The monoisotopic (exact) mass is 1140 g/mol. The van der Waals surface area contributed by atoms with Crippen LogP contribution in [0.15, 0.2) is 254 Å². The SMILES string of the molecule is Cc1cc2c(cc1-c1ccnc(-c3[c-]cc(-c4ccccc4-c4cc(-c5ccccc5-c5c[c-]c(-c6ccccn6)cc5)cc(-c5ccccc5-c5c[c-]c(-c6ccccn6)cc5)c4)cc3)c1)oc1ccccc12.[Ir+3]. The van der Waals surface area contributed by atoms with Gasteiger partial charge in [-0.15, -0.1) is 89.5 Å². The number of rotatable bonds is 10. The molecule has 0 bridgehead atoms. The quantitative estimate of drug-likeness (QED) is 0.128. The van der Waals surface area contributed by atoms with Crippen LogP contribution in [0.4, 0.5) is 0 Å². The summed E-state index contributed by atoms with van der Waals surface area (Å²) in [6.07, 6.45) is 5.52. The van der Waals surface area contributed by atoms with E-state index in [-0.39, 0.29) is 20.1 Å². The number of nitrogens with zero attached hydrogens (tertiary/aromatic N) is 3. The third kappa shape index (κ3) is 9.21. The standard InChI is InChI=1S/C70H44N3O.Ir/c1-46-40-65-63-20-8-9-23-69(63)74-70(65)45-64(46)53-36-39-73-68(44-53)52-34-28-49(29-35-52)59-16-4-7-19-62(59)56-42-54(60-17-5-2-14-57(60)47-24-30-50(31-25-47)66-21-10-12-37-71-66)41-55(43-56)61-18-6-3-15-58(61)48-26-32-51(33-27-48)67-22-11-13-38-72-67;/h2-30,32,34,36-45H,1H3;/q-3;+3. The van der Waals surface area contributed by atoms with E-state index in [1.54, 1.807) is 0 Å². The number of aromatic nitrogens is 3. The van der Waals surface area contributed by atoms with Gasteiger partial charge < -0.3 is 19.4 Å². The van der Waals surface area contributed by atoms with E-state index in [0.717, 1.165) is 134 Å². The van der Waals surface area contributed by atoms with Gasteiger partial charge in [-0.25, -0.2) is 0 Å². The molecule has 5 heteroatoms. The summed E-state index contributed by atoms with van der Waals surface area (Å²) in [4.78, 5) is 14.0. The van der Waals surface area contributed by atoms with Gasteiger partial charge in [-0.3, -0.25) is 0 Å². The fourth-order valence-corrected chi connectivity index (χ4v) is 10.3. The molecule has 0 aliphatic rings. The molecule has 4 nitrogen and oxygen atoms in total. The number of furan rings is 1. The average Bonchev–Trinajstić information content (AvgIpc) is 3.84. The van der Waals surface area contributed by atoms with Crippen LogP contribution in [0.2, 0.25) is 0 Å². The van der Waals surface area contributed by atoms with Gasteiger partial charge in [0.2, 0.25) is 0 Å². The normalized spacial score (nSPS) is 11.2. The van der Waals surface area contributed by atoms with Crippen molar-refractivity contribution in [2.24, 2.45) is 0 Å². The van der Waals surface area contributed by atoms with Crippen LogP contribution >= 0.6 is 0 Å². The smallest absolute Gasteiger partial charge is 0.456 e. The molecule has 0 amide bonds. The summed E-state index contributed by atoms with van der Waals surface area (Å²) in [5.74, 6) is 0. The van der Waals surface area contributed by atoms with Crippen LogP contribution in [-0.4, -0.2) is 15.0 Å². The average molecular weight is 1140 g/mol. The fourth-order valence-electron chi connectivity index (χ4n) is 10.3. The Kier molecular flexibility index (Phi) is 12.8. The molecule has 13 rings (SSSR count). The minimum absolute atomic E-state index is 0. The largest absolute Gasteiger partial charge is 3.00 e. The molecule has 9 aromatic carbocycles. The number of para-hydroxylation sites is 1. The summed E-state index contributed by atoms with van der Waals surface area (Å²) in [6, 6.07) is 91.6. The Balaban J connectivity index is 0.00000569. The zero-order valence-electron chi connectivity index (χ0n) is 40.8. The second-order valence-electron chi connectivity index (χ2n) is 18.5. The minimum atomic E-state index is 0. The summed E-state index contributed by atoms with van der Waals surface area (Å²) in [7, 11) is 0. The van der Waals surface area contributed by atoms with E-state index in [1.165, 1.54) is 5.56 Å².